The summed E-state index contributed by atoms with van der Waals surface area (Å²) in [6.07, 6.45) is 2.14. The van der Waals surface area contributed by atoms with Gasteiger partial charge in [0.2, 0.25) is 0 Å². The summed E-state index contributed by atoms with van der Waals surface area (Å²) in [5, 5.41) is 4.68. The fourth-order valence-electron chi connectivity index (χ4n) is 3.70. The standard InChI is InChI=1S/C21H24N4.ClH/c1-16-18(13-25(23-16)19-10-6-3-7-11-19)12-24-14-20(21(22)15-24)17-8-4-2-5-9-17;/h2-11,13,20-21H,12,14-15,22H2,1H3;1H/t20-,21+;/m0./s1. The highest BCUT2D eigenvalue weighted by atomic mass is 35.5. The van der Waals surface area contributed by atoms with Gasteiger partial charge >= 0.3 is 0 Å². The molecular weight excluding hydrogens is 344 g/mol. The van der Waals surface area contributed by atoms with Crippen LogP contribution in [0.4, 0.5) is 0 Å². The molecule has 2 aromatic carbocycles. The molecule has 0 unspecified atom stereocenters. The van der Waals surface area contributed by atoms with Crippen LogP contribution in [0.5, 0.6) is 0 Å². The maximum absolute atomic E-state index is 6.43. The lowest BCUT2D eigenvalue weighted by Crippen LogP contribution is -2.28. The molecule has 1 fully saturated rings. The van der Waals surface area contributed by atoms with Crippen LogP contribution in [0.15, 0.2) is 66.9 Å². The second kappa shape index (κ2) is 8.04. The molecule has 0 spiro atoms. The number of hydrogen-bond donors (Lipinski definition) is 1. The molecule has 4 nitrogen and oxygen atoms in total. The predicted molar refractivity (Wildman–Crippen MR) is 108 cm³/mol. The van der Waals surface area contributed by atoms with Gasteiger partial charge in [-0.25, -0.2) is 4.68 Å². The average Bonchev–Trinajstić information content (AvgIpc) is 3.19. The third-order valence-corrected chi connectivity index (χ3v) is 5.08. The first-order chi connectivity index (χ1) is 12.2. The summed E-state index contributed by atoms with van der Waals surface area (Å²) in [6, 6.07) is 21.1. The molecular formula is C21H25ClN4. The molecule has 1 aromatic heterocycles. The van der Waals surface area contributed by atoms with Gasteiger partial charge in [-0.1, -0.05) is 48.5 Å². The fourth-order valence-corrected chi connectivity index (χ4v) is 3.70. The van der Waals surface area contributed by atoms with Crippen LogP contribution in [-0.2, 0) is 6.54 Å². The lowest BCUT2D eigenvalue weighted by Gasteiger charge is -2.15. The lowest BCUT2D eigenvalue weighted by molar-refractivity contribution is 0.323. The van der Waals surface area contributed by atoms with Crippen LogP contribution in [0, 0.1) is 6.92 Å². The lowest BCUT2D eigenvalue weighted by atomic mass is 9.95. The Morgan fingerprint density at radius 1 is 1.00 bits per heavy atom. The molecule has 0 saturated carbocycles. The highest BCUT2D eigenvalue weighted by Gasteiger charge is 2.31. The van der Waals surface area contributed by atoms with Gasteiger partial charge < -0.3 is 5.73 Å². The normalized spacial score (nSPS) is 20.1. The number of likely N-dealkylation sites (tertiary alicyclic amines) is 1. The molecule has 136 valence electrons. The fraction of sp³-hybridized carbons (Fsp3) is 0.286. The molecule has 1 aliphatic rings. The molecule has 0 bridgehead atoms. The second-order valence-corrected chi connectivity index (χ2v) is 6.89. The average molecular weight is 369 g/mol. The Bertz CT molecular complexity index is 832. The Hall–Kier alpha value is -2.14. The van der Waals surface area contributed by atoms with Crippen molar-refractivity contribution in [2.45, 2.75) is 25.4 Å². The van der Waals surface area contributed by atoms with Crippen molar-refractivity contribution in [2.75, 3.05) is 13.1 Å². The number of aryl methyl sites for hydroxylation is 1. The van der Waals surface area contributed by atoms with Crippen LogP contribution >= 0.6 is 12.4 Å². The first-order valence-corrected chi connectivity index (χ1v) is 8.84. The van der Waals surface area contributed by atoms with E-state index in [4.69, 9.17) is 5.73 Å². The third kappa shape index (κ3) is 3.83. The predicted octanol–water partition coefficient (Wildman–Crippen LogP) is 3.53. The Morgan fingerprint density at radius 2 is 1.65 bits per heavy atom. The number of nitrogens with two attached hydrogens (primary N) is 1. The van der Waals surface area contributed by atoms with Crippen molar-refractivity contribution in [2.24, 2.45) is 5.73 Å². The van der Waals surface area contributed by atoms with Gasteiger partial charge in [0.25, 0.3) is 0 Å². The van der Waals surface area contributed by atoms with Gasteiger partial charge in [-0.2, -0.15) is 5.10 Å². The molecule has 0 radical (unpaired) electrons. The Kier molecular flexibility index (Phi) is 5.77. The molecule has 0 amide bonds. The number of rotatable bonds is 4. The smallest absolute Gasteiger partial charge is 0.0645 e. The van der Waals surface area contributed by atoms with E-state index >= 15 is 0 Å². The Balaban J connectivity index is 0.00000196. The van der Waals surface area contributed by atoms with Gasteiger partial charge in [0, 0.05) is 43.4 Å². The topological polar surface area (TPSA) is 47.1 Å². The largest absolute Gasteiger partial charge is 0.326 e. The molecule has 0 aliphatic carbocycles. The van der Waals surface area contributed by atoms with Crippen molar-refractivity contribution in [3.63, 3.8) is 0 Å². The van der Waals surface area contributed by atoms with E-state index in [2.05, 4.69) is 65.6 Å². The van der Waals surface area contributed by atoms with Gasteiger partial charge in [-0.05, 0) is 24.6 Å². The number of hydrogen-bond acceptors (Lipinski definition) is 3. The minimum Gasteiger partial charge on any atom is -0.326 e. The van der Waals surface area contributed by atoms with Gasteiger partial charge in [-0.3, -0.25) is 4.90 Å². The summed E-state index contributed by atoms with van der Waals surface area (Å²) < 4.78 is 1.97. The van der Waals surface area contributed by atoms with Crippen LogP contribution in [0.3, 0.4) is 0 Å². The Morgan fingerprint density at radius 3 is 2.35 bits per heavy atom. The van der Waals surface area contributed by atoms with E-state index in [9.17, 15) is 0 Å². The SMILES string of the molecule is Cc1nn(-c2ccccc2)cc1CN1C[C@@H](N)[C@H](c2ccccc2)C1.Cl. The highest BCUT2D eigenvalue weighted by molar-refractivity contribution is 5.85. The van der Waals surface area contributed by atoms with Crippen LogP contribution < -0.4 is 5.73 Å². The highest BCUT2D eigenvalue weighted by Crippen LogP contribution is 2.28. The second-order valence-electron chi connectivity index (χ2n) is 6.89. The zero-order valence-electron chi connectivity index (χ0n) is 15.0. The van der Waals surface area contributed by atoms with Gasteiger partial charge in [0.1, 0.15) is 0 Å². The number of para-hydroxylation sites is 1. The van der Waals surface area contributed by atoms with E-state index in [1.54, 1.807) is 0 Å². The zero-order valence-corrected chi connectivity index (χ0v) is 15.8. The molecule has 2 atom stereocenters. The van der Waals surface area contributed by atoms with Crippen molar-refractivity contribution in [1.29, 1.82) is 0 Å². The van der Waals surface area contributed by atoms with E-state index in [0.717, 1.165) is 31.0 Å². The number of benzene rings is 2. The maximum Gasteiger partial charge on any atom is 0.0645 e. The number of nitrogens with zero attached hydrogens (tertiary/aromatic N) is 3. The molecule has 26 heavy (non-hydrogen) atoms. The summed E-state index contributed by atoms with van der Waals surface area (Å²) in [4.78, 5) is 2.45. The van der Waals surface area contributed by atoms with E-state index in [-0.39, 0.29) is 18.4 Å². The zero-order chi connectivity index (χ0) is 17.2. The van der Waals surface area contributed by atoms with Crippen molar-refractivity contribution < 1.29 is 0 Å². The minimum absolute atomic E-state index is 0. The molecule has 2 heterocycles. The van der Waals surface area contributed by atoms with Crippen molar-refractivity contribution in [3.8, 4) is 5.69 Å². The van der Waals surface area contributed by atoms with Crippen LogP contribution in [0.25, 0.3) is 5.69 Å². The molecule has 2 N–H and O–H groups in total. The molecule has 1 saturated heterocycles. The first-order valence-electron chi connectivity index (χ1n) is 8.84. The van der Waals surface area contributed by atoms with Gasteiger partial charge in [0.15, 0.2) is 0 Å². The van der Waals surface area contributed by atoms with E-state index < -0.39 is 0 Å². The van der Waals surface area contributed by atoms with Crippen molar-refractivity contribution in [3.05, 3.63) is 83.7 Å². The summed E-state index contributed by atoms with van der Waals surface area (Å²) >= 11 is 0. The summed E-state index contributed by atoms with van der Waals surface area (Å²) in [5.74, 6) is 0.408. The van der Waals surface area contributed by atoms with E-state index in [0.29, 0.717) is 5.92 Å². The summed E-state index contributed by atoms with van der Waals surface area (Å²) in [7, 11) is 0. The number of halogens is 1. The van der Waals surface area contributed by atoms with Crippen LogP contribution in [0.1, 0.15) is 22.7 Å². The summed E-state index contributed by atoms with van der Waals surface area (Å²) in [6.45, 7) is 4.91. The molecule has 1 aliphatic heterocycles. The summed E-state index contributed by atoms with van der Waals surface area (Å²) in [5.41, 5.74) is 11.2. The van der Waals surface area contributed by atoms with E-state index in [1.807, 2.05) is 22.9 Å². The van der Waals surface area contributed by atoms with Crippen LogP contribution in [-0.4, -0.2) is 33.8 Å². The molecule has 5 heteroatoms. The first kappa shape index (κ1) is 18.6. The van der Waals surface area contributed by atoms with Gasteiger partial charge in [0.05, 0.1) is 11.4 Å². The third-order valence-electron chi connectivity index (χ3n) is 5.08. The maximum atomic E-state index is 6.43. The molecule has 4 rings (SSSR count). The van der Waals surface area contributed by atoms with Crippen molar-refractivity contribution in [1.82, 2.24) is 14.7 Å². The minimum atomic E-state index is 0. The van der Waals surface area contributed by atoms with Crippen molar-refractivity contribution >= 4 is 12.4 Å². The quantitative estimate of drug-likeness (QED) is 0.766. The molecule has 3 aromatic rings. The van der Waals surface area contributed by atoms with Crippen LogP contribution in [0.2, 0.25) is 0 Å². The van der Waals surface area contributed by atoms with Gasteiger partial charge in [-0.15, -0.1) is 12.4 Å². The van der Waals surface area contributed by atoms with E-state index in [1.165, 1.54) is 11.1 Å². The monoisotopic (exact) mass is 368 g/mol. The Labute approximate surface area is 161 Å². The number of aromatic nitrogens is 2.